The molecule has 0 unspecified atom stereocenters. The molecule has 0 bridgehead atoms. The number of sulfonamides is 1. The summed E-state index contributed by atoms with van der Waals surface area (Å²) in [6.45, 7) is 0.339. The molecule has 0 fully saturated rings. The first kappa shape index (κ1) is 24.4. The van der Waals surface area contributed by atoms with Crippen LogP contribution < -0.4 is 26.8 Å². The minimum absolute atomic E-state index is 0.184. The summed E-state index contributed by atoms with van der Waals surface area (Å²) in [5.41, 5.74) is 14.6. The van der Waals surface area contributed by atoms with Crippen molar-refractivity contribution in [2.24, 2.45) is 0 Å². The number of nitrogen functional groups attached to an aromatic ring is 2. The van der Waals surface area contributed by atoms with Crippen LogP contribution in [-0.4, -0.2) is 19.5 Å². The van der Waals surface area contributed by atoms with Crippen LogP contribution in [0.2, 0.25) is 0 Å². The van der Waals surface area contributed by atoms with Crippen molar-refractivity contribution in [3.8, 4) is 0 Å². The highest BCUT2D eigenvalue weighted by Crippen LogP contribution is 2.36. The lowest BCUT2D eigenvalue weighted by Gasteiger charge is -2.20. The van der Waals surface area contributed by atoms with Gasteiger partial charge in [0.15, 0.2) is 0 Å². The summed E-state index contributed by atoms with van der Waals surface area (Å²) in [7, 11) is -4.23. The van der Waals surface area contributed by atoms with Crippen LogP contribution in [0, 0.1) is 0 Å². The molecule has 0 saturated heterocycles. The Morgan fingerprint density at radius 2 is 1.39 bits per heavy atom. The Hall–Kier alpha value is -4.70. The fraction of sp³-hybridized carbons (Fsp3) is 0.0385. The van der Waals surface area contributed by atoms with Crippen molar-refractivity contribution >= 4 is 50.1 Å². The smallest absolute Gasteiger partial charge is 0.335 e. The van der Waals surface area contributed by atoms with Gasteiger partial charge in [-0.25, -0.2) is 13.2 Å². The van der Waals surface area contributed by atoms with Gasteiger partial charge in [-0.05, 0) is 66.2 Å². The van der Waals surface area contributed by atoms with Crippen LogP contribution in [-0.2, 0) is 16.6 Å². The van der Waals surface area contributed by atoms with Crippen LogP contribution in [0.1, 0.15) is 15.9 Å². The lowest BCUT2D eigenvalue weighted by atomic mass is 10.1. The second-order valence-corrected chi connectivity index (χ2v) is 9.67. The summed E-state index contributed by atoms with van der Waals surface area (Å²) in [6, 6.07) is 24.9. The Balaban J connectivity index is 1.82. The van der Waals surface area contributed by atoms with Gasteiger partial charge in [-0.1, -0.05) is 30.3 Å². The molecule has 0 spiro atoms. The van der Waals surface area contributed by atoms with E-state index in [9.17, 15) is 18.3 Å². The molecule has 184 valence electrons. The number of carboxylic acids is 1. The average Bonchev–Trinajstić information content (AvgIpc) is 2.86. The number of rotatable bonds is 9. The predicted octanol–water partition coefficient (Wildman–Crippen LogP) is 4.71. The zero-order valence-electron chi connectivity index (χ0n) is 19.1. The summed E-state index contributed by atoms with van der Waals surface area (Å²) in [5, 5.41) is 16.0. The Labute approximate surface area is 208 Å². The van der Waals surface area contributed by atoms with Crippen LogP contribution in [0.25, 0.3) is 0 Å². The number of nitrogens with two attached hydrogens (primary N) is 2. The van der Waals surface area contributed by atoms with Crippen LogP contribution in [0.15, 0.2) is 95.9 Å². The van der Waals surface area contributed by atoms with Crippen molar-refractivity contribution < 1.29 is 18.3 Å². The maximum Gasteiger partial charge on any atom is 0.335 e. The maximum atomic E-state index is 13.5. The van der Waals surface area contributed by atoms with Crippen LogP contribution in [0.3, 0.4) is 0 Å². The molecule has 8 N–H and O–H groups in total. The van der Waals surface area contributed by atoms with Crippen molar-refractivity contribution in [1.82, 2.24) is 0 Å². The first-order valence-corrected chi connectivity index (χ1v) is 12.4. The second kappa shape index (κ2) is 10.3. The molecule has 9 nitrogen and oxygen atoms in total. The van der Waals surface area contributed by atoms with Gasteiger partial charge in [-0.15, -0.1) is 0 Å². The third kappa shape index (κ3) is 5.86. The van der Waals surface area contributed by atoms with E-state index in [0.717, 1.165) is 11.6 Å². The van der Waals surface area contributed by atoms with Gasteiger partial charge in [-0.3, -0.25) is 4.72 Å². The number of carbonyl (C=O) groups is 1. The quantitative estimate of drug-likeness (QED) is 0.179. The number of nitrogens with one attached hydrogen (secondary N) is 3. The molecule has 0 aromatic heterocycles. The molecule has 4 aromatic rings. The van der Waals surface area contributed by atoms with Gasteiger partial charge >= 0.3 is 5.97 Å². The first-order chi connectivity index (χ1) is 17.2. The van der Waals surface area contributed by atoms with E-state index >= 15 is 0 Å². The monoisotopic (exact) mass is 503 g/mol. The standard InChI is InChI=1S/C26H25N5O4S/c27-19-6-10-21(11-7-19)30-25-23(29-16-17-4-2-1-3-5-17)14-18(26(32)33)15-24(25)36(34,35)31-22-12-8-20(28)9-13-22/h1-15,29-31H,16,27-28H2,(H,32,33). The lowest BCUT2D eigenvalue weighted by Crippen LogP contribution is -2.17. The fourth-order valence-electron chi connectivity index (χ4n) is 3.48. The largest absolute Gasteiger partial charge is 0.478 e. The molecular formula is C26H25N5O4S. The molecule has 10 heteroatoms. The van der Waals surface area contributed by atoms with E-state index in [4.69, 9.17) is 11.5 Å². The number of anilines is 6. The fourth-order valence-corrected chi connectivity index (χ4v) is 4.75. The SMILES string of the molecule is Nc1ccc(Nc2c(NCc3ccccc3)cc(C(=O)O)cc2S(=O)(=O)Nc2ccc(N)cc2)cc1. The van der Waals surface area contributed by atoms with Crippen molar-refractivity contribution in [3.63, 3.8) is 0 Å². The van der Waals surface area contributed by atoms with Crippen LogP contribution in [0.4, 0.5) is 34.1 Å². The molecule has 0 radical (unpaired) electrons. The summed E-state index contributed by atoms with van der Waals surface area (Å²) < 4.78 is 29.6. The van der Waals surface area contributed by atoms with E-state index in [1.165, 1.54) is 18.2 Å². The Kier molecular flexibility index (Phi) is 6.98. The Morgan fingerprint density at radius 3 is 1.97 bits per heavy atom. The topological polar surface area (TPSA) is 160 Å². The predicted molar refractivity (Wildman–Crippen MR) is 143 cm³/mol. The number of carboxylic acid groups (broad SMARTS) is 1. The van der Waals surface area contributed by atoms with Crippen LogP contribution >= 0.6 is 0 Å². The van der Waals surface area contributed by atoms with Gasteiger partial charge in [0, 0.05) is 29.3 Å². The highest BCUT2D eigenvalue weighted by atomic mass is 32.2. The molecular weight excluding hydrogens is 478 g/mol. The zero-order valence-corrected chi connectivity index (χ0v) is 19.9. The second-order valence-electron chi connectivity index (χ2n) is 8.02. The third-order valence-electron chi connectivity index (χ3n) is 5.31. The van der Waals surface area contributed by atoms with Gasteiger partial charge in [-0.2, -0.15) is 0 Å². The molecule has 4 rings (SSSR count). The molecule has 36 heavy (non-hydrogen) atoms. The molecule has 0 aliphatic rings. The minimum atomic E-state index is -4.23. The molecule has 0 aliphatic carbocycles. The van der Waals surface area contributed by atoms with E-state index in [2.05, 4.69) is 15.4 Å². The summed E-state index contributed by atoms with van der Waals surface area (Å²) in [6.07, 6.45) is 0. The molecule has 4 aromatic carbocycles. The maximum absolute atomic E-state index is 13.5. The molecule has 0 atom stereocenters. The van der Waals surface area contributed by atoms with E-state index < -0.39 is 16.0 Å². The summed E-state index contributed by atoms with van der Waals surface area (Å²) >= 11 is 0. The lowest BCUT2D eigenvalue weighted by molar-refractivity contribution is 0.0696. The van der Waals surface area contributed by atoms with Gasteiger partial charge < -0.3 is 27.2 Å². The number of aromatic carboxylic acids is 1. The Morgan fingerprint density at radius 1 is 0.806 bits per heavy atom. The van der Waals surface area contributed by atoms with Crippen molar-refractivity contribution in [2.75, 3.05) is 26.8 Å². The summed E-state index contributed by atoms with van der Waals surface area (Å²) in [4.78, 5) is 11.7. The highest BCUT2D eigenvalue weighted by Gasteiger charge is 2.25. The number of hydrogen-bond acceptors (Lipinski definition) is 7. The third-order valence-corrected chi connectivity index (χ3v) is 6.71. The van der Waals surface area contributed by atoms with Gasteiger partial charge in [0.1, 0.15) is 4.90 Å². The molecule has 0 aliphatic heterocycles. The average molecular weight is 504 g/mol. The summed E-state index contributed by atoms with van der Waals surface area (Å²) in [5.74, 6) is -1.26. The van der Waals surface area contributed by atoms with E-state index in [-0.39, 0.29) is 21.8 Å². The number of hydrogen-bond donors (Lipinski definition) is 6. The van der Waals surface area contributed by atoms with E-state index in [1.807, 2.05) is 30.3 Å². The molecule has 0 saturated carbocycles. The Bertz CT molecular complexity index is 1470. The minimum Gasteiger partial charge on any atom is -0.478 e. The van der Waals surface area contributed by atoms with Gasteiger partial charge in [0.2, 0.25) is 0 Å². The number of benzene rings is 4. The van der Waals surface area contributed by atoms with Crippen molar-refractivity contribution in [3.05, 3.63) is 102 Å². The van der Waals surface area contributed by atoms with Crippen molar-refractivity contribution in [2.45, 2.75) is 11.4 Å². The first-order valence-electron chi connectivity index (χ1n) is 10.9. The van der Waals surface area contributed by atoms with Crippen LogP contribution in [0.5, 0.6) is 0 Å². The van der Waals surface area contributed by atoms with E-state index in [0.29, 0.717) is 29.3 Å². The normalized spacial score (nSPS) is 11.0. The van der Waals surface area contributed by atoms with Crippen molar-refractivity contribution in [1.29, 1.82) is 0 Å². The van der Waals surface area contributed by atoms with Gasteiger partial charge in [0.05, 0.1) is 16.9 Å². The molecule has 0 heterocycles. The highest BCUT2D eigenvalue weighted by molar-refractivity contribution is 7.93. The van der Waals surface area contributed by atoms with Gasteiger partial charge in [0.25, 0.3) is 10.0 Å². The molecule has 0 amide bonds. The van der Waals surface area contributed by atoms with E-state index in [1.54, 1.807) is 36.4 Å². The zero-order chi connectivity index (χ0) is 25.7.